The SMILES string of the molecule is N#Cc1ccc(-c2cccc(CC3CNCCO3)c2C2OCNC2F)cc1F. The lowest BCUT2D eigenvalue weighted by Gasteiger charge is -2.27. The van der Waals surface area contributed by atoms with E-state index in [1.165, 1.54) is 12.1 Å². The fourth-order valence-electron chi connectivity index (χ4n) is 3.79. The van der Waals surface area contributed by atoms with Gasteiger partial charge in [-0.2, -0.15) is 5.26 Å². The van der Waals surface area contributed by atoms with Gasteiger partial charge >= 0.3 is 0 Å². The predicted octanol–water partition coefficient (Wildman–Crippen LogP) is 2.81. The summed E-state index contributed by atoms with van der Waals surface area (Å²) in [6.07, 6.45) is -1.57. The van der Waals surface area contributed by atoms with E-state index in [0.717, 1.165) is 18.7 Å². The monoisotopic (exact) mass is 385 g/mol. The fourth-order valence-corrected chi connectivity index (χ4v) is 3.79. The highest BCUT2D eigenvalue weighted by Gasteiger charge is 2.33. The van der Waals surface area contributed by atoms with Crippen LogP contribution in [0.5, 0.6) is 0 Å². The van der Waals surface area contributed by atoms with Gasteiger partial charge in [-0.05, 0) is 34.4 Å². The Morgan fingerprint density at radius 3 is 2.79 bits per heavy atom. The first kappa shape index (κ1) is 19.0. The summed E-state index contributed by atoms with van der Waals surface area (Å²) in [7, 11) is 0. The van der Waals surface area contributed by atoms with Crippen molar-refractivity contribution < 1.29 is 18.3 Å². The van der Waals surface area contributed by atoms with Gasteiger partial charge in [0, 0.05) is 19.5 Å². The van der Waals surface area contributed by atoms with E-state index < -0.39 is 18.2 Å². The van der Waals surface area contributed by atoms with E-state index in [2.05, 4.69) is 10.6 Å². The zero-order valence-electron chi connectivity index (χ0n) is 15.3. The highest BCUT2D eigenvalue weighted by molar-refractivity contribution is 5.70. The number of hydrogen-bond donors (Lipinski definition) is 2. The number of alkyl halides is 1. The highest BCUT2D eigenvalue weighted by Crippen LogP contribution is 2.38. The lowest BCUT2D eigenvalue weighted by Crippen LogP contribution is -2.39. The fraction of sp³-hybridized carbons (Fsp3) is 0.381. The molecule has 2 N–H and O–H groups in total. The van der Waals surface area contributed by atoms with Crippen LogP contribution in [0.3, 0.4) is 0 Å². The smallest absolute Gasteiger partial charge is 0.183 e. The number of halogens is 2. The molecule has 4 rings (SSSR count). The largest absolute Gasteiger partial charge is 0.375 e. The maximum atomic E-state index is 14.5. The van der Waals surface area contributed by atoms with Crippen LogP contribution in [0.25, 0.3) is 11.1 Å². The number of nitrogens with one attached hydrogen (secondary N) is 2. The molecule has 2 aromatic rings. The van der Waals surface area contributed by atoms with E-state index in [-0.39, 0.29) is 18.4 Å². The van der Waals surface area contributed by atoms with Crippen LogP contribution in [0, 0.1) is 17.1 Å². The molecule has 0 aromatic heterocycles. The molecule has 2 heterocycles. The summed E-state index contributed by atoms with van der Waals surface area (Å²) in [5, 5.41) is 14.9. The van der Waals surface area contributed by atoms with Gasteiger partial charge in [-0.15, -0.1) is 0 Å². The summed E-state index contributed by atoms with van der Waals surface area (Å²) in [5.41, 5.74) is 2.86. The number of rotatable bonds is 4. The van der Waals surface area contributed by atoms with Crippen molar-refractivity contribution in [2.45, 2.75) is 24.9 Å². The van der Waals surface area contributed by atoms with Crippen LogP contribution < -0.4 is 10.6 Å². The second kappa shape index (κ2) is 8.33. The second-order valence-electron chi connectivity index (χ2n) is 6.92. The van der Waals surface area contributed by atoms with Gasteiger partial charge in [0.25, 0.3) is 0 Å². The van der Waals surface area contributed by atoms with Gasteiger partial charge in [-0.1, -0.05) is 24.3 Å². The molecular weight excluding hydrogens is 364 g/mol. The van der Waals surface area contributed by atoms with Crippen molar-refractivity contribution >= 4 is 0 Å². The maximum absolute atomic E-state index is 14.5. The molecule has 2 aromatic carbocycles. The molecule has 2 saturated heterocycles. The van der Waals surface area contributed by atoms with Crippen molar-refractivity contribution in [2.24, 2.45) is 0 Å². The molecule has 0 spiro atoms. The normalized spacial score (nSPS) is 24.8. The number of nitriles is 1. The first-order valence-electron chi connectivity index (χ1n) is 9.30. The minimum atomic E-state index is -1.35. The molecular formula is C21H21F2N3O2. The van der Waals surface area contributed by atoms with Gasteiger partial charge in [0.1, 0.15) is 18.0 Å². The van der Waals surface area contributed by atoms with Gasteiger partial charge in [-0.3, -0.25) is 5.32 Å². The first-order valence-corrected chi connectivity index (χ1v) is 9.30. The third-order valence-electron chi connectivity index (χ3n) is 5.14. The second-order valence-corrected chi connectivity index (χ2v) is 6.92. The minimum Gasteiger partial charge on any atom is -0.375 e. The van der Waals surface area contributed by atoms with E-state index >= 15 is 0 Å². The first-order chi connectivity index (χ1) is 13.7. The molecule has 5 nitrogen and oxygen atoms in total. The molecule has 146 valence electrons. The van der Waals surface area contributed by atoms with Crippen LogP contribution >= 0.6 is 0 Å². The van der Waals surface area contributed by atoms with Crippen molar-refractivity contribution in [1.29, 1.82) is 5.26 Å². The predicted molar refractivity (Wildman–Crippen MR) is 99.6 cm³/mol. The van der Waals surface area contributed by atoms with Crippen molar-refractivity contribution in [3.05, 3.63) is 58.9 Å². The zero-order chi connectivity index (χ0) is 19.5. The maximum Gasteiger partial charge on any atom is 0.183 e. The number of benzene rings is 2. The van der Waals surface area contributed by atoms with Crippen LogP contribution in [-0.2, 0) is 15.9 Å². The molecule has 2 aliphatic rings. The molecule has 0 radical (unpaired) electrons. The molecule has 0 saturated carbocycles. The van der Waals surface area contributed by atoms with Crippen LogP contribution in [-0.4, -0.2) is 38.8 Å². The molecule has 0 bridgehead atoms. The van der Waals surface area contributed by atoms with Crippen molar-refractivity contribution in [3.8, 4) is 17.2 Å². The van der Waals surface area contributed by atoms with E-state index in [1.54, 1.807) is 6.07 Å². The summed E-state index contributed by atoms with van der Waals surface area (Å²) in [4.78, 5) is 0. The average molecular weight is 385 g/mol. The molecule has 0 amide bonds. The molecule has 2 aliphatic heterocycles. The molecule has 28 heavy (non-hydrogen) atoms. The van der Waals surface area contributed by atoms with Crippen molar-refractivity contribution in [2.75, 3.05) is 26.4 Å². The van der Waals surface area contributed by atoms with E-state index in [1.807, 2.05) is 24.3 Å². The van der Waals surface area contributed by atoms with Gasteiger partial charge in [0.15, 0.2) is 6.30 Å². The Kier molecular flexibility index (Phi) is 5.64. The molecule has 3 atom stereocenters. The molecule has 0 aliphatic carbocycles. The number of nitrogens with zero attached hydrogens (tertiary/aromatic N) is 1. The quantitative estimate of drug-likeness (QED) is 0.793. The van der Waals surface area contributed by atoms with Crippen LogP contribution in [0.1, 0.15) is 22.8 Å². The van der Waals surface area contributed by atoms with E-state index in [4.69, 9.17) is 14.7 Å². The van der Waals surface area contributed by atoms with Crippen LogP contribution in [0.2, 0.25) is 0 Å². The lowest BCUT2D eigenvalue weighted by molar-refractivity contribution is 0.0280. The minimum absolute atomic E-state index is 0.0205. The summed E-state index contributed by atoms with van der Waals surface area (Å²) < 4.78 is 40.2. The Hall–Kier alpha value is -2.37. The Morgan fingerprint density at radius 1 is 1.21 bits per heavy atom. The van der Waals surface area contributed by atoms with Crippen LogP contribution in [0.4, 0.5) is 8.78 Å². The molecule has 2 fully saturated rings. The third-order valence-corrected chi connectivity index (χ3v) is 5.14. The van der Waals surface area contributed by atoms with E-state index in [9.17, 15) is 8.78 Å². The third kappa shape index (κ3) is 3.77. The zero-order valence-corrected chi connectivity index (χ0v) is 15.3. The van der Waals surface area contributed by atoms with Gasteiger partial charge in [0.05, 0.1) is 25.0 Å². The highest BCUT2D eigenvalue weighted by atomic mass is 19.1. The number of ether oxygens (including phenoxy) is 2. The lowest BCUT2D eigenvalue weighted by atomic mass is 9.88. The van der Waals surface area contributed by atoms with Crippen molar-refractivity contribution in [1.82, 2.24) is 10.6 Å². The van der Waals surface area contributed by atoms with E-state index in [0.29, 0.717) is 29.7 Å². The summed E-state index contributed by atoms with van der Waals surface area (Å²) in [5.74, 6) is -0.599. The molecule has 3 unspecified atom stereocenters. The Labute approximate surface area is 162 Å². The Morgan fingerprint density at radius 2 is 2.11 bits per heavy atom. The van der Waals surface area contributed by atoms with Crippen LogP contribution in [0.15, 0.2) is 36.4 Å². The standard InChI is InChI=1S/C21H21F2N3O2/c22-18-9-13(4-5-15(18)10-24)17-3-1-2-14(8-16-11-25-6-7-27-16)19(17)20-21(23)26-12-28-20/h1-5,9,16,20-21,25-26H,6-8,11-12H2. The van der Waals surface area contributed by atoms with Crippen molar-refractivity contribution in [3.63, 3.8) is 0 Å². The topological polar surface area (TPSA) is 66.3 Å². The average Bonchev–Trinajstić information content (AvgIpc) is 3.14. The van der Waals surface area contributed by atoms with Gasteiger partial charge in [0.2, 0.25) is 0 Å². The number of hydrogen-bond acceptors (Lipinski definition) is 5. The van der Waals surface area contributed by atoms with Gasteiger partial charge in [-0.25, -0.2) is 8.78 Å². The Bertz CT molecular complexity index is 894. The van der Waals surface area contributed by atoms with Gasteiger partial charge < -0.3 is 14.8 Å². The summed E-state index contributed by atoms with van der Waals surface area (Å²) >= 11 is 0. The Balaban J connectivity index is 1.78. The summed E-state index contributed by atoms with van der Waals surface area (Å²) in [6.45, 7) is 2.28. The summed E-state index contributed by atoms with van der Waals surface area (Å²) in [6, 6.07) is 11.9. The molecule has 7 heteroatoms. The number of morpholine rings is 1.